The molecule has 114 valence electrons. The minimum atomic E-state index is -1.11. The molecule has 5 N–H and O–H groups in total. The maximum absolute atomic E-state index is 11.6. The lowest BCUT2D eigenvalue weighted by Gasteiger charge is -2.16. The second kappa shape index (κ2) is 9.61. The van der Waals surface area contributed by atoms with Crippen LogP contribution in [-0.4, -0.2) is 52.4 Å². The molecule has 2 atom stereocenters. The zero-order chi connectivity index (χ0) is 15.7. The molecule has 0 saturated carbocycles. The second-order valence-electron chi connectivity index (χ2n) is 3.81. The van der Waals surface area contributed by atoms with Gasteiger partial charge in [0.25, 0.3) is 0 Å². The lowest BCUT2D eigenvalue weighted by molar-refractivity contribution is -0.138. The molecule has 0 bridgehead atoms. The molecule has 20 heavy (non-hydrogen) atoms. The van der Waals surface area contributed by atoms with Gasteiger partial charge in [0.1, 0.15) is 12.1 Å². The molecule has 0 aromatic heterocycles. The highest BCUT2D eigenvalue weighted by Crippen LogP contribution is 2.22. The van der Waals surface area contributed by atoms with Crippen molar-refractivity contribution in [3.05, 3.63) is 0 Å². The van der Waals surface area contributed by atoms with Crippen LogP contribution >= 0.6 is 21.6 Å². The molecular weight excluding hydrogens is 306 g/mol. The number of carboxylic acid groups (broad SMARTS) is 1. The summed E-state index contributed by atoms with van der Waals surface area (Å²) in [4.78, 5) is 43.9. The van der Waals surface area contributed by atoms with Crippen LogP contribution in [0.2, 0.25) is 0 Å². The predicted molar refractivity (Wildman–Crippen MR) is 77.0 cm³/mol. The van der Waals surface area contributed by atoms with Crippen LogP contribution in [0.5, 0.6) is 0 Å². The van der Waals surface area contributed by atoms with Gasteiger partial charge in [0, 0.05) is 25.4 Å². The third-order valence-electron chi connectivity index (χ3n) is 1.88. The van der Waals surface area contributed by atoms with Crippen molar-refractivity contribution in [2.24, 2.45) is 5.73 Å². The lowest BCUT2D eigenvalue weighted by atomic mass is 10.3. The summed E-state index contributed by atoms with van der Waals surface area (Å²) < 4.78 is 0. The van der Waals surface area contributed by atoms with Gasteiger partial charge in [0.15, 0.2) is 0 Å². The van der Waals surface area contributed by atoms with Crippen LogP contribution in [0.1, 0.15) is 13.8 Å². The highest BCUT2D eigenvalue weighted by molar-refractivity contribution is 8.76. The molecule has 0 aromatic carbocycles. The molecule has 2 unspecified atom stereocenters. The zero-order valence-electron chi connectivity index (χ0n) is 11.0. The molecule has 0 fully saturated rings. The molecule has 0 heterocycles. The van der Waals surface area contributed by atoms with E-state index in [1.807, 2.05) is 0 Å². The van der Waals surface area contributed by atoms with E-state index in [4.69, 9.17) is 10.8 Å². The minimum Gasteiger partial charge on any atom is -0.480 e. The quantitative estimate of drug-likeness (QED) is 0.328. The Morgan fingerprint density at radius 1 is 1.10 bits per heavy atom. The van der Waals surface area contributed by atoms with E-state index in [2.05, 4.69) is 10.6 Å². The zero-order valence-corrected chi connectivity index (χ0v) is 12.7. The number of rotatable bonds is 8. The fraction of sp³-hybridized carbons (Fsp3) is 0.600. The van der Waals surface area contributed by atoms with E-state index >= 15 is 0 Å². The maximum atomic E-state index is 11.6. The Morgan fingerprint density at radius 3 is 2.10 bits per heavy atom. The van der Waals surface area contributed by atoms with Gasteiger partial charge >= 0.3 is 5.97 Å². The average Bonchev–Trinajstić information content (AvgIpc) is 2.30. The van der Waals surface area contributed by atoms with Crippen molar-refractivity contribution >= 4 is 45.3 Å². The largest absolute Gasteiger partial charge is 0.480 e. The van der Waals surface area contributed by atoms with Gasteiger partial charge in [-0.3, -0.25) is 24.5 Å². The monoisotopic (exact) mass is 323 g/mol. The number of hydrogen-bond acceptors (Lipinski definition) is 7. The standard InChI is InChI=1S/C10H17N3O5S2/c1-5(14)12-8(9(16)13-6(2)15)4-20-19-3-7(11)10(17)18/h7-8H,3-4,11H2,1-2H3,(H,12,14)(H,17,18)(H,13,15,16). The summed E-state index contributed by atoms with van der Waals surface area (Å²) in [6.45, 7) is 2.45. The molecule has 8 nitrogen and oxygen atoms in total. The molecule has 10 heteroatoms. The lowest BCUT2D eigenvalue weighted by Crippen LogP contribution is -2.48. The van der Waals surface area contributed by atoms with Gasteiger partial charge in [-0.05, 0) is 0 Å². The number of aliphatic carboxylic acids is 1. The van der Waals surface area contributed by atoms with E-state index < -0.39 is 35.8 Å². The third-order valence-corrected chi connectivity index (χ3v) is 4.32. The minimum absolute atomic E-state index is 0.168. The summed E-state index contributed by atoms with van der Waals surface area (Å²) >= 11 is 0. The van der Waals surface area contributed by atoms with Crippen LogP contribution < -0.4 is 16.4 Å². The molecule has 0 rings (SSSR count). The summed E-state index contributed by atoms with van der Waals surface area (Å²) in [6, 6.07) is -1.85. The first-order valence-electron chi connectivity index (χ1n) is 5.55. The number of imide groups is 1. The van der Waals surface area contributed by atoms with E-state index in [1.54, 1.807) is 0 Å². The molecule has 0 saturated heterocycles. The van der Waals surface area contributed by atoms with Crippen LogP contribution in [-0.2, 0) is 19.2 Å². The topological polar surface area (TPSA) is 139 Å². The molecule has 0 radical (unpaired) electrons. The predicted octanol–water partition coefficient (Wildman–Crippen LogP) is -1.05. The van der Waals surface area contributed by atoms with Crippen LogP contribution in [0.15, 0.2) is 0 Å². The number of carbonyl (C=O) groups is 4. The Bertz CT molecular complexity index is 391. The Balaban J connectivity index is 4.23. The third kappa shape index (κ3) is 8.77. The number of amides is 3. The number of carboxylic acids is 1. The van der Waals surface area contributed by atoms with Crippen molar-refractivity contribution < 1.29 is 24.3 Å². The number of carbonyl (C=O) groups excluding carboxylic acids is 3. The second-order valence-corrected chi connectivity index (χ2v) is 6.36. The first kappa shape index (κ1) is 18.7. The van der Waals surface area contributed by atoms with Gasteiger partial charge in [-0.25, -0.2) is 0 Å². The van der Waals surface area contributed by atoms with Crippen molar-refractivity contribution in [2.45, 2.75) is 25.9 Å². The molecule has 0 aliphatic carbocycles. The Labute approximate surface area is 124 Å². The van der Waals surface area contributed by atoms with E-state index in [0.29, 0.717) is 0 Å². The molecule has 0 spiro atoms. The molecule has 3 amide bonds. The normalized spacial score (nSPS) is 13.2. The molecule has 0 aliphatic rings. The van der Waals surface area contributed by atoms with Gasteiger partial charge in [0.2, 0.25) is 17.7 Å². The van der Waals surface area contributed by atoms with E-state index in [-0.39, 0.29) is 11.5 Å². The molecule has 0 aromatic rings. The summed E-state index contributed by atoms with van der Waals surface area (Å²) in [5, 5.41) is 13.1. The smallest absolute Gasteiger partial charge is 0.321 e. The first-order chi connectivity index (χ1) is 9.23. The van der Waals surface area contributed by atoms with Crippen LogP contribution in [0.4, 0.5) is 0 Å². The maximum Gasteiger partial charge on any atom is 0.321 e. The van der Waals surface area contributed by atoms with Crippen molar-refractivity contribution in [3.63, 3.8) is 0 Å². The highest BCUT2D eigenvalue weighted by Gasteiger charge is 2.21. The first-order valence-corrected chi connectivity index (χ1v) is 8.04. The Hall–Kier alpha value is -1.26. The van der Waals surface area contributed by atoms with Gasteiger partial charge < -0.3 is 16.2 Å². The van der Waals surface area contributed by atoms with Gasteiger partial charge in [-0.1, -0.05) is 21.6 Å². The van der Waals surface area contributed by atoms with Crippen molar-refractivity contribution in [1.29, 1.82) is 0 Å². The van der Waals surface area contributed by atoms with Crippen LogP contribution in [0.3, 0.4) is 0 Å². The van der Waals surface area contributed by atoms with Crippen molar-refractivity contribution in [3.8, 4) is 0 Å². The number of nitrogens with two attached hydrogens (primary N) is 1. The van der Waals surface area contributed by atoms with Gasteiger partial charge in [0.05, 0.1) is 0 Å². The summed E-state index contributed by atoms with van der Waals surface area (Å²) in [7, 11) is 2.37. The molecule has 0 aliphatic heterocycles. The summed E-state index contributed by atoms with van der Waals surface area (Å²) in [5.74, 6) is -2.27. The van der Waals surface area contributed by atoms with E-state index in [0.717, 1.165) is 0 Å². The van der Waals surface area contributed by atoms with Crippen LogP contribution in [0.25, 0.3) is 0 Å². The number of nitrogens with one attached hydrogen (secondary N) is 2. The van der Waals surface area contributed by atoms with E-state index in [1.165, 1.54) is 35.4 Å². The highest BCUT2D eigenvalue weighted by atomic mass is 33.1. The fourth-order valence-corrected chi connectivity index (χ4v) is 3.28. The SMILES string of the molecule is CC(=O)NC(=O)C(CSSCC(N)C(=O)O)NC(C)=O. The Morgan fingerprint density at radius 2 is 1.65 bits per heavy atom. The molecular formula is C10H17N3O5S2. The van der Waals surface area contributed by atoms with Crippen molar-refractivity contribution in [1.82, 2.24) is 10.6 Å². The number of hydrogen-bond donors (Lipinski definition) is 4. The fourth-order valence-electron chi connectivity index (χ4n) is 0.998. The van der Waals surface area contributed by atoms with E-state index in [9.17, 15) is 19.2 Å². The summed E-state index contributed by atoms with van der Waals surface area (Å²) in [6.07, 6.45) is 0. The summed E-state index contributed by atoms with van der Waals surface area (Å²) in [5.41, 5.74) is 5.31. The van der Waals surface area contributed by atoms with Crippen LogP contribution in [0, 0.1) is 0 Å². The average molecular weight is 323 g/mol. The van der Waals surface area contributed by atoms with Gasteiger partial charge in [-0.2, -0.15) is 0 Å². The Kier molecular flexibility index (Phi) is 9.01. The van der Waals surface area contributed by atoms with Crippen molar-refractivity contribution in [2.75, 3.05) is 11.5 Å². The van der Waals surface area contributed by atoms with Gasteiger partial charge in [-0.15, -0.1) is 0 Å².